The van der Waals surface area contributed by atoms with E-state index in [1.807, 2.05) is 67.7 Å². The summed E-state index contributed by atoms with van der Waals surface area (Å²) in [4.78, 5) is 32.9. The lowest BCUT2D eigenvalue weighted by molar-refractivity contribution is -0.141. The van der Waals surface area contributed by atoms with Crippen LogP contribution in [0.1, 0.15) is 55.5 Å². The van der Waals surface area contributed by atoms with Crippen LogP contribution < -0.4 is 10.1 Å². The molecule has 0 unspecified atom stereocenters. The Morgan fingerprint density at radius 1 is 1.08 bits per heavy atom. The molecule has 2 aromatic carbocycles. The molecule has 0 saturated heterocycles. The quantitative estimate of drug-likeness (QED) is 0.300. The van der Waals surface area contributed by atoms with Gasteiger partial charge < -0.3 is 24.4 Å². The molecule has 5 rings (SSSR count). The Kier molecular flexibility index (Phi) is 7.59. The van der Waals surface area contributed by atoms with Crippen molar-refractivity contribution in [3.05, 3.63) is 90.0 Å². The van der Waals surface area contributed by atoms with E-state index in [2.05, 4.69) is 10.3 Å². The number of benzene rings is 2. The average Bonchev–Trinajstić information content (AvgIpc) is 3.68. The van der Waals surface area contributed by atoms with E-state index in [0.717, 1.165) is 42.1 Å². The first-order chi connectivity index (χ1) is 18.1. The molecule has 0 spiro atoms. The van der Waals surface area contributed by atoms with Crippen LogP contribution in [0.3, 0.4) is 0 Å². The lowest BCUT2D eigenvalue weighted by Crippen LogP contribution is -2.46. The second-order valence-corrected chi connectivity index (χ2v) is 9.50. The molecule has 0 aliphatic heterocycles. The van der Waals surface area contributed by atoms with Gasteiger partial charge in [-0.25, -0.2) is 0 Å². The number of carbonyl (C=O) groups excluding carboxylic acids is 2. The second kappa shape index (κ2) is 11.4. The number of nitrogens with zero attached hydrogens (tertiary/aromatic N) is 1. The van der Waals surface area contributed by atoms with Crippen LogP contribution in [0.2, 0.25) is 0 Å². The molecule has 7 heteroatoms. The molecule has 2 heterocycles. The van der Waals surface area contributed by atoms with Crippen LogP contribution in [0.25, 0.3) is 10.9 Å². The number of aromatic nitrogens is 1. The van der Waals surface area contributed by atoms with E-state index >= 15 is 0 Å². The van der Waals surface area contributed by atoms with Crippen LogP contribution in [-0.2, 0) is 22.6 Å². The Hall–Kier alpha value is -4.00. The third kappa shape index (κ3) is 5.56. The van der Waals surface area contributed by atoms with Gasteiger partial charge in [-0.15, -0.1) is 0 Å². The normalized spacial score (nSPS) is 14.5. The maximum Gasteiger partial charge on any atom is 0.247 e. The molecule has 0 radical (unpaired) electrons. The van der Waals surface area contributed by atoms with Gasteiger partial charge in [0.25, 0.3) is 0 Å². The molecule has 2 amide bonds. The van der Waals surface area contributed by atoms with Crippen molar-refractivity contribution >= 4 is 22.7 Å². The van der Waals surface area contributed by atoms with Crippen LogP contribution in [-0.4, -0.2) is 34.3 Å². The van der Waals surface area contributed by atoms with Gasteiger partial charge in [-0.05, 0) is 49.6 Å². The van der Waals surface area contributed by atoms with Crippen molar-refractivity contribution in [2.75, 3.05) is 6.61 Å². The van der Waals surface area contributed by atoms with Gasteiger partial charge in [-0.1, -0.05) is 49.2 Å². The van der Waals surface area contributed by atoms with E-state index in [9.17, 15) is 9.59 Å². The first-order valence-electron chi connectivity index (χ1n) is 13.0. The Bertz CT molecular complexity index is 1340. The summed E-state index contributed by atoms with van der Waals surface area (Å²) in [5.74, 6) is 0.845. The fourth-order valence-electron chi connectivity index (χ4n) is 5.23. The van der Waals surface area contributed by atoms with Gasteiger partial charge in [0.15, 0.2) is 0 Å². The van der Waals surface area contributed by atoms with Crippen LogP contribution in [0.4, 0.5) is 0 Å². The smallest absolute Gasteiger partial charge is 0.247 e. The summed E-state index contributed by atoms with van der Waals surface area (Å²) in [6.45, 7) is 2.53. The summed E-state index contributed by atoms with van der Waals surface area (Å²) in [5, 5.41) is 4.22. The number of hydrogen-bond donors (Lipinski definition) is 2. The van der Waals surface area contributed by atoms with E-state index in [-0.39, 0.29) is 30.8 Å². The fourth-order valence-corrected chi connectivity index (χ4v) is 5.23. The van der Waals surface area contributed by atoms with E-state index in [0.29, 0.717) is 23.7 Å². The van der Waals surface area contributed by atoms with Crippen LogP contribution in [0.15, 0.2) is 77.5 Å². The number of nitrogens with one attached hydrogen (secondary N) is 2. The van der Waals surface area contributed by atoms with Crippen molar-refractivity contribution in [1.29, 1.82) is 0 Å². The zero-order valence-electron chi connectivity index (χ0n) is 21.1. The number of fused-ring (bicyclic) bond motifs is 1. The molecule has 1 aliphatic carbocycles. The highest BCUT2D eigenvalue weighted by molar-refractivity contribution is 5.93. The number of rotatable bonds is 10. The summed E-state index contributed by atoms with van der Waals surface area (Å²) in [6, 6.07) is 18.2. The molecule has 1 saturated carbocycles. The number of ether oxygens (including phenoxy) is 1. The van der Waals surface area contributed by atoms with E-state index < -0.39 is 6.04 Å². The largest absolute Gasteiger partial charge is 0.494 e. The fraction of sp³-hybridized carbons (Fsp3) is 0.333. The van der Waals surface area contributed by atoms with Crippen molar-refractivity contribution < 1.29 is 18.7 Å². The molecular formula is C30H33N3O4. The van der Waals surface area contributed by atoms with Crippen molar-refractivity contribution in [2.45, 2.75) is 57.7 Å². The van der Waals surface area contributed by atoms with Gasteiger partial charge >= 0.3 is 0 Å². The molecule has 1 aliphatic rings. The van der Waals surface area contributed by atoms with Gasteiger partial charge in [-0.2, -0.15) is 0 Å². The minimum Gasteiger partial charge on any atom is -0.494 e. The van der Waals surface area contributed by atoms with Gasteiger partial charge in [0, 0.05) is 28.7 Å². The van der Waals surface area contributed by atoms with Gasteiger partial charge in [0.05, 0.1) is 25.8 Å². The zero-order valence-corrected chi connectivity index (χ0v) is 21.1. The number of furan rings is 1. The van der Waals surface area contributed by atoms with Crippen LogP contribution in [0.5, 0.6) is 5.75 Å². The maximum atomic E-state index is 14.1. The lowest BCUT2D eigenvalue weighted by atomic mass is 10.0. The Morgan fingerprint density at radius 2 is 1.86 bits per heavy atom. The standard InChI is InChI=1S/C30H33N3O4/c1-2-36-27-16-8-6-14-25(27)29(30(35)32-22-10-3-4-11-22)33(20-23-12-9-17-37-23)28(34)18-21-19-31-26-15-7-5-13-24(21)26/h5-9,12-17,19,22,29,31H,2-4,10-11,18,20H2,1H3,(H,32,35)/t29-/m1/s1. The molecule has 4 aromatic rings. The Balaban J connectivity index is 1.54. The van der Waals surface area contributed by atoms with Gasteiger partial charge in [0.1, 0.15) is 17.6 Å². The molecule has 37 heavy (non-hydrogen) atoms. The van der Waals surface area contributed by atoms with E-state index in [1.165, 1.54) is 0 Å². The third-order valence-electron chi connectivity index (χ3n) is 7.02. The lowest BCUT2D eigenvalue weighted by Gasteiger charge is -2.32. The third-order valence-corrected chi connectivity index (χ3v) is 7.02. The molecule has 0 bridgehead atoms. The highest BCUT2D eigenvalue weighted by Crippen LogP contribution is 2.33. The molecule has 2 aromatic heterocycles. The molecule has 7 nitrogen and oxygen atoms in total. The number of carbonyl (C=O) groups is 2. The highest BCUT2D eigenvalue weighted by Gasteiger charge is 2.35. The average molecular weight is 500 g/mol. The number of H-pyrrole nitrogens is 1. The number of aromatic amines is 1. The molecule has 2 N–H and O–H groups in total. The molecule has 192 valence electrons. The first kappa shape index (κ1) is 24.7. The Morgan fingerprint density at radius 3 is 2.65 bits per heavy atom. The van der Waals surface area contributed by atoms with E-state index in [1.54, 1.807) is 17.2 Å². The van der Waals surface area contributed by atoms with Gasteiger partial charge in [0.2, 0.25) is 11.8 Å². The van der Waals surface area contributed by atoms with Crippen LogP contribution in [0, 0.1) is 0 Å². The summed E-state index contributed by atoms with van der Waals surface area (Å²) in [5.41, 5.74) is 2.52. The molecule has 1 atom stereocenters. The second-order valence-electron chi connectivity index (χ2n) is 9.50. The summed E-state index contributed by atoms with van der Waals surface area (Å²) in [6.07, 6.45) is 7.70. The number of amides is 2. The number of para-hydroxylation sites is 2. The Labute approximate surface area is 216 Å². The molecular weight excluding hydrogens is 466 g/mol. The van der Waals surface area contributed by atoms with Crippen molar-refractivity contribution in [1.82, 2.24) is 15.2 Å². The number of hydrogen-bond acceptors (Lipinski definition) is 4. The summed E-state index contributed by atoms with van der Waals surface area (Å²) in [7, 11) is 0. The monoisotopic (exact) mass is 499 g/mol. The highest BCUT2D eigenvalue weighted by atomic mass is 16.5. The first-order valence-corrected chi connectivity index (χ1v) is 13.0. The summed E-state index contributed by atoms with van der Waals surface area (Å²) < 4.78 is 11.6. The van der Waals surface area contributed by atoms with Crippen LogP contribution >= 0.6 is 0 Å². The zero-order chi connectivity index (χ0) is 25.6. The predicted octanol–water partition coefficient (Wildman–Crippen LogP) is 5.53. The summed E-state index contributed by atoms with van der Waals surface area (Å²) >= 11 is 0. The molecule has 1 fully saturated rings. The topological polar surface area (TPSA) is 87.6 Å². The van der Waals surface area contributed by atoms with E-state index in [4.69, 9.17) is 9.15 Å². The maximum absolute atomic E-state index is 14.1. The predicted molar refractivity (Wildman–Crippen MR) is 142 cm³/mol. The van der Waals surface area contributed by atoms with Crippen molar-refractivity contribution in [3.8, 4) is 5.75 Å². The van der Waals surface area contributed by atoms with Gasteiger partial charge in [-0.3, -0.25) is 9.59 Å². The SMILES string of the molecule is CCOc1ccccc1[C@H](C(=O)NC1CCCC1)N(Cc1ccco1)C(=O)Cc1c[nH]c2ccccc12. The van der Waals surface area contributed by atoms with Crippen molar-refractivity contribution in [3.63, 3.8) is 0 Å². The minimum atomic E-state index is -0.869. The van der Waals surface area contributed by atoms with Crippen molar-refractivity contribution in [2.24, 2.45) is 0 Å². The minimum absolute atomic E-state index is 0.114.